The molecule has 0 fully saturated rings. The summed E-state index contributed by atoms with van der Waals surface area (Å²) in [5.74, 6) is 0. The lowest BCUT2D eigenvalue weighted by molar-refractivity contribution is 0.126. The molecule has 0 rings (SSSR count). The first-order valence-electron chi connectivity index (χ1n) is 6.28. The van der Waals surface area contributed by atoms with Gasteiger partial charge in [-0.3, -0.25) is 0 Å². The van der Waals surface area contributed by atoms with E-state index in [9.17, 15) is 0 Å². The molecule has 0 aromatic carbocycles. The lowest BCUT2D eigenvalue weighted by Gasteiger charge is -2.03. The summed E-state index contributed by atoms with van der Waals surface area (Å²) >= 11 is 0. The molecule has 1 radical (unpaired) electrons. The molecule has 0 aliphatic heterocycles. The zero-order valence-corrected chi connectivity index (χ0v) is 9.89. The molecule has 1 heteroatoms. The van der Waals surface area contributed by atoms with Crippen LogP contribution in [0.4, 0.5) is 0 Å². The second-order valence-corrected chi connectivity index (χ2v) is 3.94. The highest BCUT2D eigenvalue weighted by atomic mass is 16.5. The zero-order valence-electron chi connectivity index (χ0n) is 9.89. The maximum absolute atomic E-state index is 5.54. The minimum atomic E-state index is 0.962. The van der Waals surface area contributed by atoms with E-state index in [2.05, 4.69) is 13.8 Å². The molecule has 85 valence electrons. The number of hydrogen-bond acceptors (Lipinski definition) is 1. The molecule has 0 atom stereocenters. The van der Waals surface area contributed by atoms with Crippen molar-refractivity contribution < 1.29 is 4.74 Å². The Morgan fingerprint density at radius 1 is 0.786 bits per heavy atom. The SMILES string of the molecule is [CH2]CCCCCCOCCCCCC. The van der Waals surface area contributed by atoms with Crippen molar-refractivity contribution in [2.24, 2.45) is 0 Å². The van der Waals surface area contributed by atoms with Crippen molar-refractivity contribution in [1.82, 2.24) is 0 Å². The first kappa shape index (κ1) is 14.0. The quantitative estimate of drug-likeness (QED) is 0.449. The fourth-order valence-corrected chi connectivity index (χ4v) is 1.47. The van der Waals surface area contributed by atoms with Gasteiger partial charge < -0.3 is 4.74 Å². The molecule has 0 unspecified atom stereocenters. The summed E-state index contributed by atoms with van der Waals surface area (Å²) in [4.78, 5) is 0. The van der Waals surface area contributed by atoms with E-state index in [0.717, 1.165) is 19.6 Å². The molecule has 0 aliphatic carbocycles. The first-order valence-corrected chi connectivity index (χ1v) is 6.28. The molecule has 0 saturated carbocycles. The number of rotatable bonds is 11. The molecule has 0 saturated heterocycles. The molecule has 1 nitrogen and oxygen atoms in total. The topological polar surface area (TPSA) is 9.23 Å². The Balaban J connectivity index is 2.78. The minimum absolute atomic E-state index is 0.962. The van der Waals surface area contributed by atoms with E-state index < -0.39 is 0 Å². The largest absolute Gasteiger partial charge is 0.381 e. The average molecular weight is 199 g/mol. The highest BCUT2D eigenvalue weighted by Crippen LogP contribution is 2.03. The van der Waals surface area contributed by atoms with Crippen LogP contribution < -0.4 is 0 Å². The van der Waals surface area contributed by atoms with E-state index in [1.807, 2.05) is 0 Å². The highest BCUT2D eigenvalue weighted by molar-refractivity contribution is 4.45. The van der Waals surface area contributed by atoms with E-state index >= 15 is 0 Å². The van der Waals surface area contributed by atoms with Gasteiger partial charge >= 0.3 is 0 Å². The summed E-state index contributed by atoms with van der Waals surface area (Å²) < 4.78 is 5.54. The highest BCUT2D eigenvalue weighted by Gasteiger charge is 1.91. The Bertz CT molecular complexity index is 79.2. The summed E-state index contributed by atoms with van der Waals surface area (Å²) in [6, 6.07) is 0. The Morgan fingerprint density at radius 3 is 1.93 bits per heavy atom. The lowest BCUT2D eigenvalue weighted by atomic mass is 10.2. The molecule has 0 aromatic heterocycles. The standard InChI is InChI=1S/C13H27O/c1-3-5-7-9-11-13-14-12-10-8-6-4-2/h1,3-13H2,2H3. The predicted molar refractivity (Wildman–Crippen MR) is 63.4 cm³/mol. The molecule has 0 aromatic rings. The van der Waals surface area contributed by atoms with Crippen LogP contribution in [0.2, 0.25) is 0 Å². The van der Waals surface area contributed by atoms with Crippen molar-refractivity contribution in [3.63, 3.8) is 0 Å². The maximum atomic E-state index is 5.54. The van der Waals surface area contributed by atoms with Gasteiger partial charge in [-0.2, -0.15) is 0 Å². The van der Waals surface area contributed by atoms with Crippen LogP contribution in [0, 0.1) is 6.92 Å². The number of ether oxygens (including phenoxy) is 1. The Hall–Kier alpha value is -0.0400. The minimum Gasteiger partial charge on any atom is -0.381 e. The van der Waals surface area contributed by atoms with Gasteiger partial charge in [0, 0.05) is 13.2 Å². The second kappa shape index (κ2) is 13.0. The van der Waals surface area contributed by atoms with Crippen LogP contribution in [0.15, 0.2) is 0 Å². The molecule has 0 aliphatic rings. The normalized spacial score (nSPS) is 10.7. The molecule has 0 heterocycles. The number of hydrogen-bond donors (Lipinski definition) is 0. The van der Waals surface area contributed by atoms with Crippen LogP contribution in [0.1, 0.15) is 64.7 Å². The van der Waals surface area contributed by atoms with Crippen LogP contribution >= 0.6 is 0 Å². The van der Waals surface area contributed by atoms with Crippen molar-refractivity contribution in [2.45, 2.75) is 64.7 Å². The lowest BCUT2D eigenvalue weighted by Crippen LogP contribution is -1.97. The number of unbranched alkanes of at least 4 members (excludes halogenated alkanes) is 7. The van der Waals surface area contributed by atoms with Crippen molar-refractivity contribution in [2.75, 3.05) is 13.2 Å². The van der Waals surface area contributed by atoms with E-state index in [1.54, 1.807) is 0 Å². The Morgan fingerprint density at radius 2 is 1.36 bits per heavy atom. The molecule has 0 N–H and O–H groups in total. The molecular formula is C13H27O. The van der Waals surface area contributed by atoms with Crippen LogP contribution in [-0.4, -0.2) is 13.2 Å². The van der Waals surface area contributed by atoms with Gasteiger partial charge in [0.2, 0.25) is 0 Å². The third-order valence-corrected chi connectivity index (χ3v) is 2.43. The van der Waals surface area contributed by atoms with Gasteiger partial charge in [-0.15, -0.1) is 0 Å². The summed E-state index contributed by atoms with van der Waals surface area (Å²) in [7, 11) is 0. The van der Waals surface area contributed by atoms with Crippen molar-refractivity contribution >= 4 is 0 Å². The van der Waals surface area contributed by atoms with Gasteiger partial charge in [0.15, 0.2) is 0 Å². The molecule has 0 bridgehead atoms. The average Bonchev–Trinajstić information content (AvgIpc) is 2.21. The van der Waals surface area contributed by atoms with Crippen LogP contribution in [0.3, 0.4) is 0 Å². The van der Waals surface area contributed by atoms with Crippen molar-refractivity contribution in [3.8, 4) is 0 Å². The van der Waals surface area contributed by atoms with Gasteiger partial charge in [0.1, 0.15) is 0 Å². The van der Waals surface area contributed by atoms with Gasteiger partial charge in [0.05, 0.1) is 0 Å². The molecular weight excluding hydrogens is 172 g/mol. The maximum Gasteiger partial charge on any atom is 0.0466 e. The van der Waals surface area contributed by atoms with Gasteiger partial charge in [-0.05, 0) is 12.8 Å². The summed E-state index contributed by atoms with van der Waals surface area (Å²) in [6.07, 6.45) is 11.5. The van der Waals surface area contributed by atoms with Crippen molar-refractivity contribution in [3.05, 3.63) is 6.92 Å². The van der Waals surface area contributed by atoms with E-state index in [1.165, 1.54) is 51.4 Å². The second-order valence-electron chi connectivity index (χ2n) is 3.94. The Labute approximate surface area is 90.2 Å². The van der Waals surface area contributed by atoms with Gasteiger partial charge in [-0.1, -0.05) is 58.8 Å². The third-order valence-electron chi connectivity index (χ3n) is 2.43. The predicted octanol–water partition coefficient (Wildman–Crippen LogP) is 4.37. The fraction of sp³-hybridized carbons (Fsp3) is 0.923. The molecule has 0 spiro atoms. The fourth-order valence-electron chi connectivity index (χ4n) is 1.47. The smallest absolute Gasteiger partial charge is 0.0466 e. The van der Waals surface area contributed by atoms with Gasteiger partial charge in [0.25, 0.3) is 0 Å². The van der Waals surface area contributed by atoms with Crippen molar-refractivity contribution in [1.29, 1.82) is 0 Å². The first-order chi connectivity index (χ1) is 6.91. The van der Waals surface area contributed by atoms with E-state index in [-0.39, 0.29) is 0 Å². The van der Waals surface area contributed by atoms with Crippen LogP contribution in [0.5, 0.6) is 0 Å². The van der Waals surface area contributed by atoms with Crippen LogP contribution in [0.25, 0.3) is 0 Å². The summed E-state index contributed by atoms with van der Waals surface area (Å²) in [6.45, 7) is 8.00. The Kier molecular flexibility index (Phi) is 12.9. The molecule has 0 amide bonds. The van der Waals surface area contributed by atoms with Gasteiger partial charge in [-0.25, -0.2) is 0 Å². The van der Waals surface area contributed by atoms with Crippen LogP contribution in [-0.2, 0) is 4.74 Å². The molecule has 14 heavy (non-hydrogen) atoms. The monoisotopic (exact) mass is 199 g/mol. The van der Waals surface area contributed by atoms with E-state index in [0.29, 0.717) is 0 Å². The third kappa shape index (κ3) is 12.0. The summed E-state index contributed by atoms with van der Waals surface area (Å²) in [5.41, 5.74) is 0. The summed E-state index contributed by atoms with van der Waals surface area (Å²) in [5, 5.41) is 0. The van der Waals surface area contributed by atoms with E-state index in [4.69, 9.17) is 4.74 Å². The zero-order chi connectivity index (χ0) is 10.5.